The van der Waals surface area contributed by atoms with E-state index >= 15 is 0 Å². The Bertz CT molecular complexity index is 1230. The maximum absolute atomic E-state index is 13.1. The Morgan fingerprint density at radius 2 is 1.87 bits per heavy atom. The van der Waals surface area contributed by atoms with Crippen molar-refractivity contribution in [3.05, 3.63) is 75.5 Å². The van der Waals surface area contributed by atoms with Crippen LogP contribution in [-0.4, -0.2) is 39.1 Å². The lowest BCUT2D eigenvalue weighted by Gasteiger charge is -2.22. The van der Waals surface area contributed by atoms with E-state index in [1.54, 1.807) is 6.20 Å². The van der Waals surface area contributed by atoms with Gasteiger partial charge in [0.1, 0.15) is 5.54 Å². The largest absolute Gasteiger partial charge is 0.360 e. The van der Waals surface area contributed by atoms with Crippen molar-refractivity contribution in [1.29, 1.82) is 0 Å². The van der Waals surface area contributed by atoms with Crippen molar-refractivity contribution in [2.24, 2.45) is 0 Å². The molecule has 1 aliphatic heterocycles. The number of nitrogens with zero attached hydrogens (tertiary/aromatic N) is 2. The molecule has 1 aromatic heterocycles. The zero-order chi connectivity index (χ0) is 22.3. The summed E-state index contributed by atoms with van der Waals surface area (Å²) in [4.78, 5) is 52.9. The fourth-order valence-electron chi connectivity index (χ4n) is 3.92. The van der Waals surface area contributed by atoms with Crippen molar-refractivity contribution in [2.75, 3.05) is 6.54 Å². The van der Waals surface area contributed by atoms with Gasteiger partial charge < -0.3 is 10.3 Å². The van der Waals surface area contributed by atoms with E-state index in [0.717, 1.165) is 27.8 Å². The van der Waals surface area contributed by atoms with E-state index in [0.29, 0.717) is 11.1 Å². The van der Waals surface area contributed by atoms with Crippen LogP contribution in [0.5, 0.6) is 0 Å². The predicted molar refractivity (Wildman–Crippen MR) is 113 cm³/mol. The molecule has 0 bridgehead atoms. The number of fused-ring (bicyclic) bond motifs is 1. The molecule has 0 radical (unpaired) electrons. The lowest BCUT2D eigenvalue weighted by molar-refractivity contribution is -0.384. The van der Waals surface area contributed by atoms with E-state index in [-0.39, 0.29) is 11.5 Å². The number of benzene rings is 2. The van der Waals surface area contributed by atoms with Gasteiger partial charge in [0.15, 0.2) is 5.78 Å². The number of nitro groups is 1. The van der Waals surface area contributed by atoms with Gasteiger partial charge in [0.05, 0.1) is 11.5 Å². The van der Waals surface area contributed by atoms with Crippen LogP contribution in [0.1, 0.15) is 35.3 Å². The molecule has 2 aromatic carbocycles. The highest BCUT2D eigenvalue weighted by Crippen LogP contribution is 2.30. The molecule has 1 fully saturated rings. The fourth-order valence-corrected chi connectivity index (χ4v) is 3.92. The maximum atomic E-state index is 13.1. The van der Waals surface area contributed by atoms with Gasteiger partial charge in [-0.25, -0.2) is 4.79 Å². The first-order valence-electron chi connectivity index (χ1n) is 9.77. The van der Waals surface area contributed by atoms with E-state index in [1.807, 2.05) is 25.1 Å². The Morgan fingerprint density at radius 1 is 1.16 bits per heavy atom. The molecule has 2 N–H and O–H groups in total. The number of hydrogen-bond donors (Lipinski definition) is 2. The Morgan fingerprint density at radius 3 is 2.52 bits per heavy atom. The molecule has 31 heavy (non-hydrogen) atoms. The summed E-state index contributed by atoms with van der Waals surface area (Å²) in [6.45, 7) is 3.12. The number of aromatic nitrogens is 1. The zero-order valence-electron chi connectivity index (χ0n) is 17.0. The SMILES string of the molecule is CCc1cccc2c(C(=O)CN3C(=O)NC(C)(c4ccc([N+](=O)[O-])cc4)C3=O)c[nH]c12. The maximum Gasteiger partial charge on any atom is 0.325 e. The van der Waals surface area contributed by atoms with Crippen LogP contribution >= 0.6 is 0 Å². The molecule has 4 rings (SSSR count). The van der Waals surface area contributed by atoms with Crippen molar-refractivity contribution in [2.45, 2.75) is 25.8 Å². The first kappa shape index (κ1) is 20.3. The summed E-state index contributed by atoms with van der Waals surface area (Å²) in [5, 5.41) is 14.2. The van der Waals surface area contributed by atoms with Gasteiger partial charge in [0.2, 0.25) is 0 Å². The third-order valence-corrected chi connectivity index (χ3v) is 5.72. The Labute approximate surface area is 177 Å². The van der Waals surface area contributed by atoms with Gasteiger partial charge in [-0.15, -0.1) is 0 Å². The Hall–Kier alpha value is -4.01. The number of rotatable bonds is 6. The predicted octanol–water partition coefficient (Wildman–Crippen LogP) is 3.29. The molecule has 1 unspecified atom stereocenters. The van der Waals surface area contributed by atoms with Crippen LogP contribution in [0.4, 0.5) is 10.5 Å². The number of amides is 3. The lowest BCUT2D eigenvalue weighted by atomic mass is 9.92. The van der Waals surface area contributed by atoms with Gasteiger partial charge in [0.25, 0.3) is 11.6 Å². The van der Waals surface area contributed by atoms with Crippen molar-refractivity contribution >= 4 is 34.3 Å². The topological polar surface area (TPSA) is 125 Å². The number of nitrogens with one attached hydrogen (secondary N) is 2. The van der Waals surface area contributed by atoms with Crippen LogP contribution in [0.3, 0.4) is 0 Å². The van der Waals surface area contributed by atoms with E-state index in [1.165, 1.54) is 31.2 Å². The molecule has 158 valence electrons. The highest BCUT2D eigenvalue weighted by molar-refractivity contribution is 6.14. The number of nitro benzene ring substituents is 1. The minimum atomic E-state index is -1.41. The second kappa shape index (κ2) is 7.35. The quantitative estimate of drug-likeness (QED) is 0.274. The third-order valence-electron chi connectivity index (χ3n) is 5.72. The number of Topliss-reactive ketones (excluding diaryl/α,β-unsaturated/α-hetero) is 1. The third kappa shape index (κ3) is 3.24. The summed E-state index contributed by atoms with van der Waals surface area (Å²) < 4.78 is 0. The van der Waals surface area contributed by atoms with E-state index < -0.39 is 28.9 Å². The van der Waals surface area contributed by atoms with Gasteiger partial charge in [-0.3, -0.25) is 24.6 Å². The van der Waals surface area contributed by atoms with Crippen molar-refractivity contribution < 1.29 is 19.3 Å². The smallest absolute Gasteiger partial charge is 0.325 e. The Kier molecular flexibility index (Phi) is 4.81. The van der Waals surface area contributed by atoms with Crippen LogP contribution in [-0.2, 0) is 16.8 Å². The normalized spacial score (nSPS) is 18.5. The molecule has 1 atom stereocenters. The average molecular weight is 420 g/mol. The number of H-pyrrole nitrogens is 1. The summed E-state index contributed by atoms with van der Waals surface area (Å²) in [6, 6.07) is 10.4. The number of carbonyl (C=O) groups excluding carboxylic acids is 3. The van der Waals surface area contributed by atoms with E-state index in [9.17, 15) is 24.5 Å². The van der Waals surface area contributed by atoms with Crippen LogP contribution in [0.25, 0.3) is 10.9 Å². The molecule has 2 heterocycles. The lowest BCUT2D eigenvalue weighted by Crippen LogP contribution is -2.41. The standard InChI is InChI=1S/C22H20N4O5/c1-3-13-5-4-6-16-17(11-23-19(13)16)18(27)12-25-20(28)22(2,24-21(25)29)14-7-9-15(10-8-14)26(30)31/h4-11,23H,3,12H2,1-2H3,(H,24,29). The highest BCUT2D eigenvalue weighted by atomic mass is 16.6. The summed E-state index contributed by atoms with van der Waals surface area (Å²) in [6.07, 6.45) is 2.40. The molecular weight excluding hydrogens is 400 g/mol. The summed E-state index contributed by atoms with van der Waals surface area (Å²) >= 11 is 0. The summed E-state index contributed by atoms with van der Waals surface area (Å²) in [5.41, 5.74) is 1.20. The molecule has 9 heteroatoms. The second-order valence-corrected chi connectivity index (χ2v) is 7.57. The number of hydrogen-bond acceptors (Lipinski definition) is 5. The van der Waals surface area contributed by atoms with Gasteiger partial charge >= 0.3 is 6.03 Å². The first-order chi connectivity index (χ1) is 14.8. The molecule has 3 aromatic rings. The molecule has 3 amide bonds. The van der Waals surface area contributed by atoms with Crippen LogP contribution in [0.15, 0.2) is 48.7 Å². The number of carbonyl (C=O) groups is 3. The Balaban J connectivity index is 1.60. The molecule has 0 spiro atoms. The van der Waals surface area contributed by atoms with Gasteiger partial charge in [-0.1, -0.05) is 25.1 Å². The van der Waals surface area contributed by atoms with Crippen LogP contribution < -0.4 is 5.32 Å². The van der Waals surface area contributed by atoms with Crippen molar-refractivity contribution in [3.63, 3.8) is 0 Å². The van der Waals surface area contributed by atoms with Crippen LogP contribution in [0, 0.1) is 10.1 Å². The number of para-hydroxylation sites is 1. The second-order valence-electron chi connectivity index (χ2n) is 7.57. The number of ketones is 1. The number of aryl methyl sites for hydroxylation is 1. The van der Waals surface area contributed by atoms with Crippen molar-refractivity contribution in [1.82, 2.24) is 15.2 Å². The minimum Gasteiger partial charge on any atom is -0.360 e. The minimum absolute atomic E-state index is 0.123. The van der Waals surface area contributed by atoms with Gasteiger partial charge in [-0.05, 0) is 36.6 Å². The molecule has 0 aliphatic carbocycles. The monoisotopic (exact) mass is 420 g/mol. The first-order valence-corrected chi connectivity index (χ1v) is 9.77. The van der Waals surface area contributed by atoms with Gasteiger partial charge in [-0.2, -0.15) is 0 Å². The molecule has 9 nitrogen and oxygen atoms in total. The number of urea groups is 1. The van der Waals surface area contributed by atoms with E-state index in [2.05, 4.69) is 10.3 Å². The molecular formula is C22H20N4O5. The number of non-ortho nitro benzene ring substituents is 1. The molecule has 1 saturated heterocycles. The van der Waals surface area contributed by atoms with Crippen LogP contribution in [0.2, 0.25) is 0 Å². The van der Waals surface area contributed by atoms with E-state index in [4.69, 9.17) is 0 Å². The van der Waals surface area contributed by atoms with Gasteiger partial charge in [0, 0.05) is 34.8 Å². The fraction of sp³-hybridized carbons (Fsp3) is 0.227. The average Bonchev–Trinajstić information content (AvgIpc) is 3.29. The summed E-state index contributed by atoms with van der Waals surface area (Å²) in [5.74, 6) is -0.954. The van der Waals surface area contributed by atoms with Crippen molar-refractivity contribution in [3.8, 4) is 0 Å². The summed E-state index contributed by atoms with van der Waals surface area (Å²) in [7, 11) is 0. The zero-order valence-corrected chi connectivity index (χ0v) is 17.0. The number of aromatic amines is 1. The number of imide groups is 1. The molecule has 0 saturated carbocycles. The highest BCUT2D eigenvalue weighted by Gasteiger charge is 2.49. The molecule has 1 aliphatic rings.